The number of para-hydroxylation sites is 1. The molecule has 0 atom stereocenters. The monoisotopic (exact) mass is 356 g/mol. The van der Waals surface area contributed by atoms with Crippen molar-refractivity contribution in [1.82, 2.24) is 4.90 Å². The quantitative estimate of drug-likeness (QED) is 0.656. The molecule has 24 heavy (non-hydrogen) atoms. The molecule has 122 valence electrons. The standard InChI is InChI=1S/C18H16N2O2S2/c1-20-17(22)16(10-12-6-3-4-9-15(12)21)24-18(20)19-13-7-5-8-14(11-13)23-2/h3-11,21H,1-2H3/b16-10+,19-18?. The van der Waals surface area contributed by atoms with Crippen molar-refractivity contribution >= 4 is 46.4 Å². The number of hydrogen-bond donors (Lipinski definition) is 1. The number of likely N-dealkylation sites (N-methyl/N-ethyl adjacent to an activating group) is 1. The Kier molecular flexibility index (Phi) is 4.97. The van der Waals surface area contributed by atoms with Gasteiger partial charge in [0.25, 0.3) is 5.91 Å². The largest absolute Gasteiger partial charge is 0.507 e. The first kappa shape index (κ1) is 16.7. The normalized spacial score (nSPS) is 17.9. The van der Waals surface area contributed by atoms with E-state index in [1.54, 1.807) is 43.1 Å². The van der Waals surface area contributed by atoms with E-state index in [-0.39, 0.29) is 11.7 Å². The SMILES string of the molecule is CSc1cccc(N=C2S/C(=C/c3ccccc3O)C(=O)N2C)c1. The molecule has 2 aromatic carbocycles. The summed E-state index contributed by atoms with van der Waals surface area (Å²) in [5, 5.41) is 10.5. The zero-order chi connectivity index (χ0) is 17.1. The van der Waals surface area contributed by atoms with E-state index in [0.717, 1.165) is 10.6 Å². The van der Waals surface area contributed by atoms with Crippen LogP contribution in [0.25, 0.3) is 6.08 Å². The molecule has 0 aliphatic carbocycles. The summed E-state index contributed by atoms with van der Waals surface area (Å²) in [6.07, 6.45) is 3.71. The number of carbonyl (C=O) groups excluding carboxylic acids is 1. The van der Waals surface area contributed by atoms with Gasteiger partial charge in [0.1, 0.15) is 5.75 Å². The molecule has 1 aliphatic heterocycles. The van der Waals surface area contributed by atoms with Crippen LogP contribution in [0.2, 0.25) is 0 Å². The second-order valence-electron chi connectivity index (χ2n) is 5.13. The summed E-state index contributed by atoms with van der Waals surface area (Å²) in [6.45, 7) is 0. The van der Waals surface area contributed by atoms with Gasteiger partial charge in [-0.25, -0.2) is 4.99 Å². The minimum atomic E-state index is -0.122. The fourth-order valence-electron chi connectivity index (χ4n) is 2.19. The molecular weight excluding hydrogens is 340 g/mol. The molecule has 1 aliphatic rings. The zero-order valence-corrected chi connectivity index (χ0v) is 14.9. The van der Waals surface area contributed by atoms with Crippen LogP contribution in [0.3, 0.4) is 0 Å². The van der Waals surface area contributed by atoms with Crippen LogP contribution in [0, 0.1) is 0 Å². The van der Waals surface area contributed by atoms with E-state index >= 15 is 0 Å². The molecule has 0 aromatic heterocycles. The Labute approximate surface area is 149 Å². The van der Waals surface area contributed by atoms with Crippen molar-refractivity contribution in [1.29, 1.82) is 0 Å². The maximum atomic E-state index is 12.4. The van der Waals surface area contributed by atoms with E-state index in [4.69, 9.17) is 0 Å². The van der Waals surface area contributed by atoms with E-state index in [0.29, 0.717) is 15.6 Å². The van der Waals surface area contributed by atoms with E-state index in [9.17, 15) is 9.90 Å². The summed E-state index contributed by atoms with van der Waals surface area (Å²) >= 11 is 2.96. The molecule has 1 saturated heterocycles. The summed E-state index contributed by atoms with van der Waals surface area (Å²) in [6, 6.07) is 14.8. The molecule has 4 nitrogen and oxygen atoms in total. The lowest BCUT2D eigenvalue weighted by Crippen LogP contribution is -2.23. The Bertz CT molecular complexity index is 846. The summed E-state index contributed by atoms with van der Waals surface area (Å²) < 4.78 is 0. The zero-order valence-electron chi connectivity index (χ0n) is 13.3. The summed E-state index contributed by atoms with van der Waals surface area (Å²) in [4.78, 5) is 20.2. The Morgan fingerprint density at radius 1 is 1.21 bits per heavy atom. The van der Waals surface area contributed by atoms with Gasteiger partial charge in [-0.15, -0.1) is 11.8 Å². The molecule has 6 heteroatoms. The average Bonchev–Trinajstić information content (AvgIpc) is 2.85. The number of thioether (sulfide) groups is 2. The van der Waals surface area contributed by atoms with Crippen molar-refractivity contribution in [3.05, 3.63) is 59.0 Å². The number of amides is 1. The smallest absolute Gasteiger partial charge is 0.266 e. The number of phenols is 1. The average molecular weight is 356 g/mol. The topological polar surface area (TPSA) is 52.9 Å². The van der Waals surface area contributed by atoms with Crippen molar-refractivity contribution in [2.45, 2.75) is 4.90 Å². The lowest BCUT2D eigenvalue weighted by molar-refractivity contribution is -0.121. The molecule has 1 fully saturated rings. The van der Waals surface area contributed by atoms with Crippen LogP contribution in [-0.4, -0.2) is 34.4 Å². The molecule has 2 aromatic rings. The van der Waals surface area contributed by atoms with Crippen LogP contribution < -0.4 is 0 Å². The Morgan fingerprint density at radius 3 is 2.75 bits per heavy atom. The lowest BCUT2D eigenvalue weighted by Gasteiger charge is -2.07. The summed E-state index contributed by atoms with van der Waals surface area (Å²) in [7, 11) is 1.71. The first-order valence-electron chi connectivity index (χ1n) is 7.27. The molecule has 1 heterocycles. The van der Waals surface area contributed by atoms with Crippen molar-refractivity contribution in [3.63, 3.8) is 0 Å². The van der Waals surface area contributed by atoms with Gasteiger partial charge in [0.2, 0.25) is 0 Å². The van der Waals surface area contributed by atoms with Crippen LogP contribution >= 0.6 is 23.5 Å². The highest BCUT2D eigenvalue weighted by Crippen LogP contribution is 2.34. The van der Waals surface area contributed by atoms with Gasteiger partial charge in [-0.3, -0.25) is 9.69 Å². The predicted molar refractivity (Wildman–Crippen MR) is 102 cm³/mol. The number of rotatable bonds is 3. The van der Waals surface area contributed by atoms with Gasteiger partial charge in [-0.05, 0) is 48.4 Å². The van der Waals surface area contributed by atoms with Crippen LogP contribution in [0.1, 0.15) is 5.56 Å². The summed E-state index contributed by atoms with van der Waals surface area (Å²) in [5.74, 6) is 0.0298. The number of hydrogen-bond acceptors (Lipinski definition) is 5. The lowest BCUT2D eigenvalue weighted by atomic mass is 10.2. The highest BCUT2D eigenvalue weighted by Gasteiger charge is 2.30. The minimum Gasteiger partial charge on any atom is -0.507 e. The fraction of sp³-hybridized carbons (Fsp3) is 0.111. The van der Waals surface area contributed by atoms with Crippen molar-refractivity contribution in [2.75, 3.05) is 13.3 Å². The second kappa shape index (κ2) is 7.15. The highest BCUT2D eigenvalue weighted by atomic mass is 32.2. The van der Waals surface area contributed by atoms with Gasteiger partial charge in [0.05, 0.1) is 10.6 Å². The Balaban J connectivity index is 1.91. The van der Waals surface area contributed by atoms with Crippen LogP contribution in [0.15, 0.2) is 63.3 Å². The van der Waals surface area contributed by atoms with Gasteiger partial charge in [-0.2, -0.15) is 0 Å². The van der Waals surface area contributed by atoms with Crippen LogP contribution in [-0.2, 0) is 4.79 Å². The van der Waals surface area contributed by atoms with Crippen molar-refractivity contribution in [3.8, 4) is 5.75 Å². The number of aromatic hydroxyl groups is 1. The predicted octanol–water partition coefficient (Wildman–Crippen LogP) is 4.35. The van der Waals surface area contributed by atoms with E-state index in [2.05, 4.69) is 4.99 Å². The second-order valence-corrected chi connectivity index (χ2v) is 7.02. The third kappa shape index (κ3) is 3.49. The Hall–Kier alpha value is -2.18. The first-order valence-corrected chi connectivity index (χ1v) is 9.31. The maximum absolute atomic E-state index is 12.4. The Morgan fingerprint density at radius 2 is 2.00 bits per heavy atom. The number of phenolic OH excluding ortho intramolecular Hbond substituents is 1. The van der Waals surface area contributed by atoms with E-state index < -0.39 is 0 Å². The molecule has 0 radical (unpaired) electrons. The molecular formula is C18H16N2O2S2. The molecule has 0 bridgehead atoms. The van der Waals surface area contributed by atoms with E-state index in [1.807, 2.05) is 36.6 Å². The number of aliphatic imine (C=N–C) groups is 1. The van der Waals surface area contributed by atoms with Gasteiger partial charge in [0.15, 0.2) is 5.17 Å². The number of carbonyl (C=O) groups is 1. The van der Waals surface area contributed by atoms with E-state index in [1.165, 1.54) is 16.7 Å². The number of amidine groups is 1. The molecule has 3 rings (SSSR count). The third-order valence-corrected chi connectivity index (χ3v) is 5.29. The van der Waals surface area contributed by atoms with Gasteiger partial charge < -0.3 is 5.11 Å². The highest BCUT2D eigenvalue weighted by molar-refractivity contribution is 8.18. The molecule has 1 N–H and O–H groups in total. The molecule has 0 saturated carbocycles. The summed E-state index contributed by atoms with van der Waals surface area (Å²) in [5.41, 5.74) is 1.43. The number of benzene rings is 2. The minimum absolute atomic E-state index is 0.122. The van der Waals surface area contributed by atoms with Gasteiger partial charge in [-0.1, -0.05) is 24.3 Å². The van der Waals surface area contributed by atoms with Gasteiger partial charge in [0, 0.05) is 17.5 Å². The van der Waals surface area contributed by atoms with Crippen molar-refractivity contribution in [2.24, 2.45) is 4.99 Å². The van der Waals surface area contributed by atoms with Crippen molar-refractivity contribution < 1.29 is 9.90 Å². The third-order valence-electron chi connectivity index (χ3n) is 3.51. The van der Waals surface area contributed by atoms with Gasteiger partial charge >= 0.3 is 0 Å². The molecule has 0 unspecified atom stereocenters. The fourth-order valence-corrected chi connectivity index (χ4v) is 3.62. The molecule has 0 spiro atoms. The first-order chi connectivity index (χ1) is 11.6. The molecule has 1 amide bonds. The maximum Gasteiger partial charge on any atom is 0.266 e. The van der Waals surface area contributed by atoms with Crippen LogP contribution in [0.4, 0.5) is 5.69 Å². The van der Waals surface area contributed by atoms with Crippen LogP contribution in [0.5, 0.6) is 5.75 Å². The number of nitrogens with zero attached hydrogens (tertiary/aromatic N) is 2.